The normalized spacial score (nSPS) is 12.1. The molecule has 0 radical (unpaired) electrons. The van der Waals surface area contributed by atoms with Crippen LogP contribution in [0, 0.1) is 0 Å². The summed E-state index contributed by atoms with van der Waals surface area (Å²) in [5.41, 5.74) is 1.73. The van der Waals surface area contributed by atoms with Crippen molar-refractivity contribution in [2.24, 2.45) is 0 Å². The Morgan fingerprint density at radius 1 is 1.00 bits per heavy atom. The molecular formula is C14H14ClNO. The third kappa shape index (κ3) is 3.22. The fourth-order valence-electron chi connectivity index (χ4n) is 1.60. The van der Waals surface area contributed by atoms with E-state index in [2.05, 4.69) is 5.32 Å². The highest BCUT2D eigenvalue weighted by atomic mass is 35.5. The van der Waals surface area contributed by atoms with Crippen LogP contribution in [0.4, 0.5) is 5.69 Å². The molecule has 2 nitrogen and oxygen atoms in total. The highest BCUT2D eigenvalue weighted by Crippen LogP contribution is 2.21. The minimum absolute atomic E-state index is 0.438. The van der Waals surface area contributed by atoms with Crippen LogP contribution in [-0.2, 0) is 0 Å². The van der Waals surface area contributed by atoms with Crippen molar-refractivity contribution >= 4 is 17.3 Å². The van der Waals surface area contributed by atoms with E-state index in [1.54, 1.807) is 0 Å². The summed E-state index contributed by atoms with van der Waals surface area (Å²) in [6.45, 7) is 0.438. The Morgan fingerprint density at radius 3 is 2.35 bits per heavy atom. The molecule has 0 aliphatic heterocycles. The first kappa shape index (κ1) is 12.0. The summed E-state index contributed by atoms with van der Waals surface area (Å²) in [7, 11) is 0. The number of anilines is 1. The van der Waals surface area contributed by atoms with E-state index in [0.717, 1.165) is 11.3 Å². The average Bonchev–Trinajstić information content (AvgIpc) is 2.38. The predicted octanol–water partition coefficient (Wildman–Crippen LogP) is 3.49. The fraction of sp³-hybridized carbons (Fsp3) is 0.143. The van der Waals surface area contributed by atoms with Crippen LogP contribution in [0.5, 0.6) is 0 Å². The number of hydrogen-bond acceptors (Lipinski definition) is 2. The highest BCUT2D eigenvalue weighted by Gasteiger charge is 2.07. The first-order valence-electron chi connectivity index (χ1n) is 5.49. The van der Waals surface area contributed by atoms with Gasteiger partial charge in [0.2, 0.25) is 0 Å². The number of nitrogens with one attached hydrogen (secondary N) is 1. The zero-order valence-corrected chi connectivity index (χ0v) is 10.1. The molecule has 0 heterocycles. The van der Waals surface area contributed by atoms with E-state index < -0.39 is 6.10 Å². The van der Waals surface area contributed by atoms with Crippen molar-refractivity contribution in [1.29, 1.82) is 0 Å². The van der Waals surface area contributed by atoms with Gasteiger partial charge in [0.05, 0.1) is 16.8 Å². The first-order valence-corrected chi connectivity index (χ1v) is 5.86. The Labute approximate surface area is 106 Å². The van der Waals surface area contributed by atoms with Gasteiger partial charge in [0.1, 0.15) is 0 Å². The van der Waals surface area contributed by atoms with Gasteiger partial charge in [-0.3, -0.25) is 0 Å². The summed E-state index contributed by atoms with van der Waals surface area (Å²) in [5, 5.41) is 13.8. The van der Waals surface area contributed by atoms with E-state index in [-0.39, 0.29) is 0 Å². The van der Waals surface area contributed by atoms with E-state index in [0.29, 0.717) is 11.6 Å². The van der Waals surface area contributed by atoms with Gasteiger partial charge in [-0.05, 0) is 17.7 Å². The van der Waals surface area contributed by atoms with Gasteiger partial charge in [-0.1, -0.05) is 54.1 Å². The summed E-state index contributed by atoms with van der Waals surface area (Å²) in [5.74, 6) is 0. The minimum atomic E-state index is -0.535. The monoisotopic (exact) mass is 247 g/mol. The second kappa shape index (κ2) is 5.71. The van der Waals surface area contributed by atoms with Crippen molar-refractivity contribution in [3.8, 4) is 0 Å². The lowest BCUT2D eigenvalue weighted by Gasteiger charge is -2.13. The van der Waals surface area contributed by atoms with Gasteiger partial charge in [0.25, 0.3) is 0 Å². The van der Waals surface area contributed by atoms with Crippen molar-refractivity contribution in [3.63, 3.8) is 0 Å². The second-order valence-corrected chi connectivity index (χ2v) is 4.19. The van der Waals surface area contributed by atoms with E-state index >= 15 is 0 Å². The molecule has 88 valence electrons. The van der Waals surface area contributed by atoms with Crippen molar-refractivity contribution in [2.75, 3.05) is 11.9 Å². The van der Waals surface area contributed by atoms with Crippen molar-refractivity contribution in [2.45, 2.75) is 6.10 Å². The van der Waals surface area contributed by atoms with Crippen molar-refractivity contribution in [1.82, 2.24) is 0 Å². The largest absolute Gasteiger partial charge is 0.387 e. The standard InChI is InChI=1S/C14H14ClNO/c15-12-8-4-5-9-13(12)16-10-14(17)11-6-2-1-3-7-11/h1-9,14,16-17H,10H2. The number of para-hydroxylation sites is 1. The highest BCUT2D eigenvalue weighted by molar-refractivity contribution is 6.33. The number of hydrogen-bond donors (Lipinski definition) is 2. The zero-order valence-electron chi connectivity index (χ0n) is 9.31. The maximum Gasteiger partial charge on any atom is 0.0962 e. The maximum atomic E-state index is 9.97. The van der Waals surface area contributed by atoms with Gasteiger partial charge in [-0.15, -0.1) is 0 Å². The third-order valence-electron chi connectivity index (χ3n) is 2.54. The number of rotatable bonds is 4. The number of halogens is 1. The predicted molar refractivity (Wildman–Crippen MR) is 71.3 cm³/mol. The Hall–Kier alpha value is -1.51. The molecule has 0 fully saturated rings. The minimum Gasteiger partial charge on any atom is -0.387 e. The Kier molecular flexibility index (Phi) is 4.02. The molecule has 3 heteroatoms. The molecule has 0 saturated heterocycles. The summed E-state index contributed by atoms with van der Waals surface area (Å²) in [4.78, 5) is 0. The smallest absolute Gasteiger partial charge is 0.0962 e. The van der Waals surface area contributed by atoms with E-state index in [1.807, 2.05) is 54.6 Å². The quantitative estimate of drug-likeness (QED) is 0.867. The lowest BCUT2D eigenvalue weighted by molar-refractivity contribution is 0.191. The molecule has 0 saturated carbocycles. The van der Waals surface area contributed by atoms with E-state index in [9.17, 15) is 5.11 Å². The lowest BCUT2D eigenvalue weighted by Crippen LogP contribution is -2.12. The molecule has 0 aromatic heterocycles. The van der Waals surface area contributed by atoms with Crippen LogP contribution in [0.2, 0.25) is 5.02 Å². The van der Waals surface area contributed by atoms with Crippen LogP contribution in [-0.4, -0.2) is 11.7 Å². The van der Waals surface area contributed by atoms with Crippen LogP contribution < -0.4 is 5.32 Å². The third-order valence-corrected chi connectivity index (χ3v) is 2.87. The van der Waals surface area contributed by atoms with Gasteiger partial charge in [0.15, 0.2) is 0 Å². The van der Waals surface area contributed by atoms with Crippen LogP contribution >= 0.6 is 11.6 Å². The van der Waals surface area contributed by atoms with E-state index in [1.165, 1.54) is 0 Å². The lowest BCUT2D eigenvalue weighted by atomic mass is 10.1. The Balaban J connectivity index is 1.97. The van der Waals surface area contributed by atoms with Crippen LogP contribution in [0.1, 0.15) is 11.7 Å². The Bertz CT molecular complexity index is 473. The van der Waals surface area contributed by atoms with E-state index in [4.69, 9.17) is 11.6 Å². The molecule has 1 atom stereocenters. The zero-order chi connectivity index (χ0) is 12.1. The molecule has 2 rings (SSSR count). The molecule has 0 bridgehead atoms. The van der Waals surface area contributed by atoms with Gasteiger partial charge in [0, 0.05) is 6.54 Å². The second-order valence-electron chi connectivity index (χ2n) is 3.79. The van der Waals surface area contributed by atoms with Crippen molar-refractivity contribution < 1.29 is 5.11 Å². The van der Waals surface area contributed by atoms with Crippen LogP contribution in [0.15, 0.2) is 54.6 Å². The maximum absolute atomic E-state index is 9.97. The summed E-state index contributed by atoms with van der Waals surface area (Å²) in [6.07, 6.45) is -0.535. The average molecular weight is 248 g/mol. The van der Waals surface area contributed by atoms with Crippen molar-refractivity contribution in [3.05, 3.63) is 65.2 Å². The Morgan fingerprint density at radius 2 is 1.65 bits per heavy atom. The fourth-order valence-corrected chi connectivity index (χ4v) is 1.81. The molecule has 2 aromatic carbocycles. The number of benzene rings is 2. The number of aliphatic hydroxyl groups excluding tert-OH is 1. The molecule has 0 amide bonds. The summed E-state index contributed by atoms with van der Waals surface area (Å²) >= 11 is 6.01. The van der Waals surface area contributed by atoms with Gasteiger partial charge >= 0.3 is 0 Å². The molecule has 2 aromatic rings. The van der Waals surface area contributed by atoms with Gasteiger partial charge < -0.3 is 10.4 Å². The van der Waals surface area contributed by atoms with Crippen LogP contribution in [0.3, 0.4) is 0 Å². The molecule has 17 heavy (non-hydrogen) atoms. The van der Waals surface area contributed by atoms with Crippen LogP contribution in [0.25, 0.3) is 0 Å². The van der Waals surface area contributed by atoms with Gasteiger partial charge in [-0.2, -0.15) is 0 Å². The number of aliphatic hydroxyl groups is 1. The molecule has 1 unspecified atom stereocenters. The molecule has 0 spiro atoms. The molecular weight excluding hydrogens is 234 g/mol. The first-order chi connectivity index (χ1) is 8.27. The topological polar surface area (TPSA) is 32.3 Å². The summed E-state index contributed by atoms with van der Waals surface area (Å²) < 4.78 is 0. The molecule has 0 aliphatic rings. The SMILES string of the molecule is OC(CNc1ccccc1Cl)c1ccccc1. The summed E-state index contributed by atoms with van der Waals surface area (Å²) in [6, 6.07) is 17.0. The molecule has 2 N–H and O–H groups in total. The van der Waals surface area contributed by atoms with Gasteiger partial charge in [-0.25, -0.2) is 0 Å². The molecule has 0 aliphatic carbocycles.